The van der Waals surface area contributed by atoms with Gasteiger partial charge in [-0.1, -0.05) is 97.1 Å². The molecule has 4 heterocycles. The van der Waals surface area contributed by atoms with Crippen LogP contribution in [-0.2, 0) is 0 Å². The molecule has 0 N–H and O–H groups in total. The quantitative estimate of drug-likeness (QED) is 0.170. The molecule has 0 saturated carbocycles. The summed E-state index contributed by atoms with van der Waals surface area (Å²) in [7, 11) is 0. The number of furan rings is 1. The monoisotopic (exact) mass is 742 g/mol. The molecule has 0 aliphatic carbocycles. The molecule has 0 radical (unpaired) electrons. The molecule has 5 nitrogen and oxygen atoms in total. The van der Waals surface area contributed by atoms with Crippen LogP contribution in [0, 0.1) is 0 Å². The van der Waals surface area contributed by atoms with Gasteiger partial charge in [-0.15, -0.1) is 0 Å². The first kappa shape index (κ1) is 32.4. The third kappa shape index (κ3) is 4.87. The van der Waals surface area contributed by atoms with Crippen LogP contribution in [0.2, 0.25) is 0 Å². The molecule has 5 heteroatoms. The van der Waals surface area contributed by atoms with Crippen molar-refractivity contribution in [2.24, 2.45) is 0 Å². The maximum absolute atomic E-state index is 7.11. The summed E-state index contributed by atoms with van der Waals surface area (Å²) in [6.07, 6.45) is 1.88. The zero-order valence-electron chi connectivity index (χ0n) is 31.3. The number of anilines is 3. The fourth-order valence-electron chi connectivity index (χ4n) is 9.00. The van der Waals surface area contributed by atoms with Gasteiger partial charge in [-0.2, -0.15) is 0 Å². The highest BCUT2D eigenvalue weighted by atomic mass is 16.3. The van der Waals surface area contributed by atoms with Gasteiger partial charge < -0.3 is 18.5 Å². The van der Waals surface area contributed by atoms with Crippen molar-refractivity contribution in [2.75, 3.05) is 4.90 Å². The highest BCUT2D eigenvalue weighted by Crippen LogP contribution is 2.45. The first-order chi connectivity index (χ1) is 28.8. The SMILES string of the molecule is c1ccc(-c2ccc(N(c3ccccc3)c3ccc(-n4c5cccnc5c5c6oc7c(ccc8c7c7ccccc7n8-c7ccccc7)c6ccc54)cc3)cc2)cc1. The summed E-state index contributed by atoms with van der Waals surface area (Å²) in [6, 6.07) is 70.9. The number of hydrogen-bond acceptors (Lipinski definition) is 3. The molecule has 8 aromatic carbocycles. The standard InChI is InChI=1S/C53H34N4O/c1-4-13-35(14-5-1)36-22-24-39(25-23-36)55(37-15-6-2-7-16-37)40-26-28-41(29-27-40)57-47-33-31-43-42-30-32-46-49(52(42)58-53(43)50(47)51-48(57)21-12-34-54-51)44-19-10-11-20-45(44)56(46)38-17-8-3-9-18-38/h1-34H. The Hall–Kier alpha value is -7.89. The van der Waals surface area contributed by atoms with Gasteiger partial charge >= 0.3 is 0 Å². The molecule has 0 fully saturated rings. The number of nitrogens with zero attached hydrogens (tertiary/aromatic N) is 4. The third-order valence-electron chi connectivity index (χ3n) is 11.6. The summed E-state index contributed by atoms with van der Waals surface area (Å²) in [5.41, 5.74) is 14.8. The number of para-hydroxylation sites is 3. The molecule has 12 aromatic rings. The molecule has 0 aliphatic rings. The van der Waals surface area contributed by atoms with Gasteiger partial charge in [0.05, 0.1) is 32.8 Å². The maximum atomic E-state index is 7.11. The van der Waals surface area contributed by atoms with Crippen LogP contribution in [0.1, 0.15) is 0 Å². The number of aromatic nitrogens is 3. The number of hydrogen-bond donors (Lipinski definition) is 0. The molecule has 12 rings (SSSR count). The normalized spacial score (nSPS) is 11.8. The van der Waals surface area contributed by atoms with Gasteiger partial charge in [0.1, 0.15) is 16.7 Å². The molecule has 4 aromatic heterocycles. The first-order valence-electron chi connectivity index (χ1n) is 19.6. The van der Waals surface area contributed by atoms with Gasteiger partial charge in [-0.25, -0.2) is 0 Å². The summed E-state index contributed by atoms with van der Waals surface area (Å²) >= 11 is 0. The van der Waals surface area contributed by atoms with Crippen LogP contribution < -0.4 is 4.90 Å². The van der Waals surface area contributed by atoms with Crippen molar-refractivity contribution in [3.05, 3.63) is 206 Å². The Morgan fingerprint density at radius 1 is 0.362 bits per heavy atom. The average Bonchev–Trinajstić information content (AvgIpc) is 3.96. The van der Waals surface area contributed by atoms with Crippen molar-refractivity contribution in [3.63, 3.8) is 0 Å². The summed E-state index contributed by atoms with van der Waals surface area (Å²) in [5.74, 6) is 0. The average molecular weight is 743 g/mol. The summed E-state index contributed by atoms with van der Waals surface area (Å²) in [5, 5.41) is 5.47. The Labute approximate surface area is 333 Å². The number of fused-ring (bicyclic) bond motifs is 11. The summed E-state index contributed by atoms with van der Waals surface area (Å²) in [4.78, 5) is 7.30. The smallest absolute Gasteiger partial charge is 0.147 e. The van der Waals surface area contributed by atoms with E-state index in [1.807, 2.05) is 12.3 Å². The summed E-state index contributed by atoms with van der Waals surface area (Å²) < 4.78 is 11.8. The minimum absolute atomic E-state index is 0.852. The van der Waals surface area contributed by atoms with E-state index >= 15 is 0 Å². The van der Waals surface area contributed by atoms with Gasteiger partial charge in [-0.3, -0.25) is 4.98 Å². The third-order valence-corrected chi connectivity index (χ3v) is 11.6. The molecule has 58 heavy (non-hydrogen) atoms. The van der Waals surface area contributed by atoms with Gasteiger partial charge in [0.15, 0.2) is 0 Å². The van der Waals surface area contributed by atoms with Crippen LogP contribution in [-0.4, -0.2) is 14.1 Å². The number of benzene rings is 8. The van der Waals surface area contributed by atoms with Crippen molar-refractivity contribution in [1.82, 2.24) is 14.1 Å². The highest BCUT2D eigenvalue weighted by molar-refractivity contribution is 6.28. The Bertz CT molecular complexity index is 3470. The lowest BCUT2D eigenvalue weighted by Crippen LogP contribution is -2.10. The second-order valence-electron chi connectivity index (χ2n) is 14.8. The van der Waals surface area contributed by atoms with E-state index in [0.29, 0.717) is 0 Å². The second-order valence-corrected chi connectivity index (χ2v) is 14.8. The number of rotatable bonds is 6. The Morgan fingerprint density at radius 3 is 1.60 bits per heavy atom. The largest absolute Gasteiger partial charge is 0.455 e. The van der Waals surface area contributed by atoms with E-state index in [1.165, 1.54) is 16.5 Å². The molecule has 272 valence electrons. The van der Waals surface area contributed by atoms with E-state index in [2.05, 4.69) is 208 Å². The van der Waals surface area contributed by atoms with Gasteiger partial charge in [-0.05, 0) is 114 Å². The zero-order chi connectivity index (χ0) is 38.2. The van der Waals surface area contributed by atoms with Gasteiger partial charge in [0.25, 0.3) is 0 Å². The van der Waals surface area contributed by atoms with Crippen LogP contribution in [0.3, 0.4) is 0 Å². The lowest BCUT2D eigenvalue weighted by atomic mass is 10.0. The Morgan fingerprint density at radius 2 is 0.879 bits per heavy atom. The van der Waals surface area contributed by atoms with Crippen LogP contribution >= 0.6 is 0 Å². The van der Waals surface area contributed by atoms with Crippen molar-refractivity contribution < 1.29 is 4.42 Å². The van der Waals surface area contributed by atoms with Crippen molar-refractivity contribution in [2.45, 2.75) is 0 Å². The molecule has 0 atom stereocenters. The molecule has 0 bridgehead atoms. The second kappa shape index (κ2) is 12.8. The van der Waals surface area contributed by atoms with E-state index in [-0.39, 0.29) is 0 Å². The zero-order valence-corrected chi connectivity index (χ0v) is 31.3. The number of pyridine rings is 1. The molecule has 0 aliphatic heterocycles. The van der Waals surface area contributed by atoms with Crippen LogP contribution in [0.25, 0.3) is 88.2 Å². The predicted octanol–water partition coefficient (Wildman–Crippen LogP) is 14.3. The Kier molecular flexibility index (Phi) is 7.16. The van der Waals surface area contributed by atoms with E-state index in [1.54, 1.807) is 0 Å². The topological polar surface area (TPSA) is 39.1 Å². The van der Waals surface area contributed by atoms with E-state index < -0.39 is 0 Å². The lowest BCUT2D eigenvalue weighted by Gasteiger charge is -2.26. The lowest BCUT2D eigenvalue weighted by molar-refractivity contribution is 0.677. The van der Waals surface area contributed by atoms with E-state index in [4.69, 9.17) is 9.40 Å². The van der Waals surface area contributed by atoms with Crippen molar-refractivity contribution in [1.29, 1.82) is 0 Å². The van der Waals surface area contributed by atoms with E-state index in [0.717, 1.165) is 88.7 Å². The molecule has 0 saturated heterocycles. The van der Waals surface area contributed by atoms with Crippen LogP contribution in [0.15, 0.2) is 211 Å². The highest BCUT2D eigenvalue weighted by Gasteiger charge is 2.23. The predicted molar refractivity (Wildman–Crippen MR) is 240 cm³/mol. The molecular formula is C53H34N4O. The molecule has 0 amide bonds. The molecular weight excluding hydrogens is 709 g/mol. The van der Waals surface area contributed by atoms with Crippen molar-refractivity contribution >= 4 is 82.7 Å². The Balaban J connectivity index is 1.02. The van der Waals surface area contributed by atoms with Gasteiger partial charge in [0.2, 0.25) is 0 Å². The molecule has 0 unspecified atom stereocenters. The van der Waals surface area contributed by atoms with Crippen molar-refractivity contribution in [3.8, 4) is 22.5 Å². The fraction of sp³-hybridized carbons (Fsp3) is 0. The minimum atomic E-state index is 0.852. The van der Waals surface area contributed by atoms with Gasteiger partial charge in [0, 0.05) is 50.8 Å². The maximum Gasteiger partial charge on any atom is 0.147 e. The first-order valence-corrected chi connectivity index (χ1v) is 19.6. The van der Waals surface area contributed by atoms with E-state index in [9.17, 15) is 0 Å². The fourth-order valence-corrected chi connectivity index (χ4v) is 9.00. The summed E-state index contributed by atoms with van der Waals surface area (Å²) in [6.45, 7) is 0. The minimum Gasteiger partial charge on any atom is -0.455 e. The molecule has 0 spiro atoms. The van der Waals surface area contributed by atoms with Crippen LogP contribution in [0.5, 0.6) is 0 Å². The van der Waals surface area contributed by atoms with Crippen LogP contribution in [0.4, 0.5) is 17.1 Å².